The van der Waals surface area contributed by atoms with E-state index in [1.807, 2.05) is 49.5 Å². The molecule has 2 aromatic heterocycles. The van der Waals surface area contributed by atoms with Crippen LogP contribution in [0.2, 0.25) is 0 Å². The van der Waals surface area contributed by atoms with Crippen molar-refractivity contribution < 1.29 is 4.79 Å². The Hall–Kier alpha value is -3.15. The minimum Gasteiger partial charge on any atom is -0.348 e. The Balaban J connectivity index is 1.72. The SMILES string of the molecule is C[C@@H](Cn1cccn1)NC(=O)c1ccc(-c2ccccc2)[nH]c1=O. The van der Waals surface area contributed by atoms with E-state index in [1.54, 1.807) is 23.0 Å². The van der Waals surface area contributed by atoms with Crippen molar-refractivity contribution in [2.75, 3.05) is 0 Å². The van der Waals surface area contributed by atoms with Gasteiger partial charge in [0, 0.05) is 24.1 Å². The number of pyridine rings is 1. The molecule has 0 saturated carbocycles. The highest BCUT2D eigenvalue weighted by Gasteiger charge is 2.14. The van der Waals surface area contributed by atoms with Crippen LogP contribution in [0.4, 0.5) is 0 Å². The predicted molar refractivity (Wildman–Crippen MR) is 91.7 cm³/mol. The van der Waals surface area contributed by atoms with Crippen molar-refractivity contribution in [2.45, 2.75) is 19.5 Å². The summed E-state index contributed by atoms with van der Waals surface area (Å²) in [7, 11) is 0. The normalized spacial score (nSPS) is 11.9. The van der Waals surface area contributed by atoms with Gasteiger partial charge in [0.25, 0.3) is 11.5 Å². The third kappa shape index (κ3) is 3.60. The number of aromatic nitrogens is 3. The molecule has 0 spiro atoms. The van der Waals surface area contributed by atoms with Crippen molar-refractivity contribution in [3.05, 3.63) is 76.8 Å². The van der Waals surface area contributed by atoms with Crippen molar-refractivity contribution in [3.63, 3.8) is 0 Å². The molecule has 2 N–H and O–H groups in total. The molecule has 1 aromatic carbocycles. The van der Waals surface area contributed by atoms with Gasteiger partial charge < -0.3 is 10.3 Å². The summed E-state index contributed by atoms with van der Waals surface area (Å²) in [5.41, 5.74) is 1.28. The molecular weight excluding hydrogens is 304 g/mol. The van der Waals surface area contributed by atoms with Gasteiger partial charge in [-0.25, -0.2) is 0 Å². The second kappa shape index (κ2) is 6.95. The summed E-state index contributed by atoms with van der Waals surface area (Å²) >= 11 is 0. The molecule has 6 nitrogen and oxygen atoms in total. The highest BCUT2D eigenvalue weighted by Crippen LogP contribution is 2.14. The van der Waals surface area contributed by atoms with Crippen molar-refractivity contribution in [1.82, 2.24) is 20.1 Å². The number of carbonyl (C=O) groups excluding carboxylic acids is 1. The van der Waals surface area contributed by atoms with E-state index >= 15 is 0 Å². The molecule has 6 heteroatoms. The molecule has 1 atom stereocenters. The van der Waals surface area contributed by atoms with E-state index < -0.39 is 11.5 Å². The number of hydrogen-bond acceptors (Lipinski definition) is 3. The van der Waals surface area contributed by atoms with Gasteiger partial charge in [0.15, 0.2) is 0 Å². The standard InChI is InChI=1S/C18H18N4O2/c1-13(12-22-11-5-10-19-22)20-17(23)15-8-9-16(21-18(15)24)14-6-3-2-4-7-14/h2-11,13H,12H2,1H3,(H,20,23)(H,21,24)/t13-/m0/s1. The lowest BCUT2D eigenvalue weighted by molar-refractivity contribution is 0.0934. The molecule has 3 aromatic rings. The van der Waals surface area contributed by atoms with Gasteiger partial charge in [-0.1, -0.05) is 30.3 Å². The predicted octanol–water partition coefficient (Wildman–Crippen LogP) is 2.06. The van der Waals surface area contributed by atoms with Gasteiger partial charge >= 0.3 is 0 Å². The van der Waals surface area contributed by atoms with E-state index in [9.17, 15) is 9.59 Å². The van der Waals surface area contributed by atoms with Crippen LogP contribution < -0.4 is 10.9 Å². The van der Waals surface area contributed by atoms with Crippen LogP contribution in [0.15, 0.2) is 65.7 Å². The number of nitrogens with one attached hydrogen (secondary N) is 2. The minimum absolute atomic E-state index is 0.0991. The first-order chi connectivity index (χ1) is 11.6. The Labute approximate surface area is 139 Å². The van der Waals surface area contributed by atoms with Crippen LogP contribution in [0.5, 0.6) is 0 Å². The summed E-state index contributed by atoms with van der Waals surface area (Å²) in [6.45, 7) is 2.41. The molecular formula is C18H18N4O2. The van der Waals surface area contributed by atoms with Gasteiger partial charge in [-0.2, -0.15) is 5.10 Å². The Morgan fingerprint density at radius 2 is 2.00 bits per heavy atom. The van der Waals surface area contributed by atoms with Gasteiger partial charge in [-0.05, 0) is 30.7 Å². The summed E-state index contributed by atoms with van der Waals surface area (Å²) in [4.78, 5) is 27.3. The smallest absolute Gasteiger partial charge is 0.261 e. The average molecular weight is 322 g/mol. The van der Waals surface area contributed by atoms with Crippen molar-refractivity contribution >= 4 is 5.91 Å². The highest BCUT2D eigenvalue weighted by molar-refractivity contribution is 5.94. The maximum atomic E-state index is 12.3. The Morgan fingerprint density at radius 1 is 1.21 bits per heavy atom. The molecule has 0 aliphatic heterocycles. The van der Waals surface area contributed by atoms with E-state index in [1.165, 1.54) is 0 Å². The van der Waals surface area contributed by atoms with Crippen LogP contribution in [0.3, 0.4) is 0 Å². The molecule has 1 amide bonds. The van der Waals surface area contributed by atoms with E-state index in [2.05, 4.69) is 15.4 Å². The zero-order valence-corrected chi connectivity index (χ0v) is 13.3. The molecule has 3 rings (SSSR count). The average Bonchev–Trinajstić information content (AvgIpc) is 3.08. The highest BCUT2D eigenvalue weighted by atomic mass is 16.2. The Bertz CT molecular complexity index is 870. The zero-order chi connectivity index (χ0) is 16.9. The third-order valence-electron chi connectivity index (χ3n) is 3.64. The monoisotopic (exact) mass is 322 g/mol. The quantitative estimate of drug-likeness (QED) is 0.754. The maximum absolute atomic E-state index is 12.3. The number of rotatable bonds is 5. The van der Waals surface area contributed by atoms with Crippen molar-refractivity contribution in [1.29, 1.82) is 0 Å². The van der Waals surface area contributed by atoms with Crippen LogP contribution in [-0.4, -0.2) is 26.7 Å². The molecule has 0 aliphatic rings. The van der Waals surface area contributed by atoms with Gasteiger partial charge in [0.1, 0.15) is 5.56 Å². The first kappa shape index (κ1) is 15.7. The fourth-order valence-electron chi connectivity index (χ4n) is 2.47. The van der Waals surface area contributed by atoms with Crippen LogP contribution in [0.25, 0.3) is 11.3 Å². The molecule has 0 bridgehead atoms. The van der Waals surface area contributed by atoms with Crippen LogP contribution in [0, 0.1) is 0 Å². The fourth-order valence-corrected chi connectivity index (χ4v) is 2.47. The van der Waals surface area contributed by atoms with Crippen LogP contribution >= 0.6 is 0 Å². The number of nitrogens with zero attached hydrogens (tertiary/aromatic N) is 2. The lowest BCUT2D eigenvalue weighted by Crippen LogP contribution is -2.38. The first-order valence-corrected chi connectivity index (χ1v) is 7.70. The molecule has 24 heavy (non-hydrogen) atoms. The number of benzene rings is 1. The van der Waals surface area contributed by atoms with Gasteiger partial charge in [-0.3, -0.25) is 14.3 Å². The van der Waals surface area contributed by atoms with Gasteiger partial charge in [-0.15, -0.1) is 0 Å². The molecule has 0 aliphatic carbocycles. The number of amides is 1. The number of H-pyrrole nitrogens is 1. The van der Waals surface area contributed by atoms with E-state index in [4.69, 9.17) is 0 Å². The Morgan fingerprint density at radius 3 is 2.67 bits per heavy atom. The maximum Gasteiger partial charge on any atom is 0.261 e. The van der Waals surface area contributed by atoms with Gasteiger partial charge in [0.2, 0.25) is 0 Å². The van der Waals surface area contributed by atoms with Crippen LogP contribution in [0.1, 0.15) is 17.3 Å². The topological polar surface area (TPSA) is 79.8 Å². The molecule has 0 unspecified atom stereocenters. The second-order valence-corrected chi connectivity index (χ2v) is 5.58. The summed E-state index contributed by atoms with van der Waals surface area (Å²) < 4.78 is 1.73. The summed E-state index contributed by atoms with van der Waals surface area (Å²) in [6.07, 6.45) is 3.51. The first-order valence-electron chi connectivity index (χ1n) is 7.70. The third-order valence-corrected chi connectivity index (χ3v) is 3.64. The van der Waals surface area contributed by atoms with E-state index in [-0.39, 0.29) is 11.6 Å². The minimum atomic E-state index is -0.403. The van der Waals surface area contributed by atoms with E-state index in [0.717, 1.165) is 5.56 Å². The molecule has 2 heterocycles. The van der Waals surface area contributed by atoms with Crippen LogP contribution in [-0.2, 0) is 6.54 Å². The molecule has 122 valence electrons. The van der Waals surface area contributed by atoms with Gasteiger partial charge in [0.05, 0.1) is 6.54 Å². The largest absolute Gasteiger partial charge is 0.348 e. The van der Waals surface area contributed by atoms with Crippen molar-refractivity contribution in [2.24, 2.45) is 0 Å². The second-order valence-electron chi connectivity index (χ2n) is 5.58. The number of hydrogen-bond donors (Lipinski definition) is 2. The lowest BCUT2D eigenvalue weighted by atomic mass is 10.1. The zero-order valence-electron chi connectivity index (χ0n) is 13.3. The molecule has 0 fully saturated rings. The molecule has 0 radical (unpaired) electrons. The van der Waals surface area contributed by atoms with E-state index in [0.29, 0.717) is 12.2 Å². The number of carbonyl (C=O) groups is 1. The summed E-state index contributed by atoms with van der Waals surface area (Å²) in [5.74, 6) is -0.393. The van der Waals surface area contributed by atoms with Crippen molar-refractivity contribution in [3.8, 4) is 11.3 Å². The summed E-state index contributed by atoms with van der Waals surface area (Å²) in [6, 6.07) is 14.5. The number of aromatic amines is 1. The Kier molecular flexibility index (Phi) is 4.56. The lowest BCUT2D eigenvalue weighted by Gasteiger charge is -2.13. The fraction of sp³-hybridized carbons (Fsp3) is 0.167. The summed E-state index contributed by atoms with van der Waals surface area (Å²) in [5, 5.41) is 6.91. The molecule has 0 saturated heterocycles.